The van der Waals surface area contributed by atoms with E-state index in [2.05, 4.69) is 18.8 Å². The number of rotatable bonds is 5. The van der Waals surface area contributed by atoms with Crippen LogP contribution in [0.5, 0.6) is 0 Å². The molecule has 0 fully saturated rings. The molecule has 0 saturated carbocycles. The van der Waals surface area contributed by atoms with E-state index in [1.54, 1.807) is 6.07 Å². The molecule has 0 amide bonds. The second kappa shape index (κ2) is 5.89. The van der Waals surface area contributed by atoms with Crippen LogP contribution in [-0.2, 0) is 6.54 Å². The van der Waals surface area contributed by atoms with Gasteiger partial charge in [-0.05, 0) is 37.1 Å². The van der Waals surface area contributed by atoms with Crippen LogP contribution in [-0.4, -0.2) is 6.04 Å². The molecule has 0 bridgehead atoms. The van der Waals surface area contributed by atoms with E-state index in [-0.39, 0.29) is 5.82 Å². The predicted molar refractivity (Wildman–Crippen MR) is 62.5 cm³/mol. The van der Waals surface area contributed by atoms with Gasteiger partial charge in [0.25, 0.3) is 0 Å². The Morgan fingerprint density at radius 3 is 3.00 bits per heavy atom. The average molecular weight is 228 g/mol. The maximum absolute atomic E-state index is 12.9. The predicted octanol–water partition coefficient (Wildman–Crippen LogP) is 3.53. The molecule has 1 aromatic carbocycles. The van der Waals surface area contributed by atoms with E-state index in [9.17, 15) is 4.39 Å². The van der Waals surface area contributed by atoms with Crippen molar-refractivity contribution in [2.45, 2.75) is 25.9 Å². The van der Waals surface area contributed by atoms with Crippen LogP contribution in [0.1, 0.15) is 18.9 Å². The number of hydrogen-bond acceptors (Lipinski definition) is 1. The van der Waals surface area contributed by atoms with Gasteiger partial charge in [-0.25, -0.2) is 4.39 Å². The van der Waals surface area contributed by atoms with Gasteiger partial charge in [-0.15, -0.1) is 6.58 Å². The van der Waals surface area contributed by atoms with Gasteiger partial charge in [-0.2, -0.15) is 0 Å². The zero-order valence-electron chi connectivity index (χ0n) is 8.76. The van der Waals surface area contributed by atoms with Crippen LogP contribution in [0.3, 0.4) is 0 Å². The lowest BCUT2D eigenvalue weighted by molar-refractivity contribution is 0.550. The highest BCUT2D eigenvalue weighted by Gasteiger charge is 2.04. The Morgan fingerprint density at radius 1 is 1.60 bits per heavy atom. The van der Waals surface area contributed by atoms with Crippen molar-refractivity contribution < 1.29 is 4.39 Å². The van der Waals surface area contributed by atoms with Gasteiger partial charge in [0.2, 0.25) is 0 Å². The number of hydrogen-bond donors (Lipinski definition) is 1. The van der Waals surface area contributed by atoms with Crippen molar-refractivity contribution >= 4 is 11.6 Å². The second-order valence-electron chi connectivity index (χ2n) is 3.54. The first-order valence-electron chi connectivity index (χ1n) is 4.91. The summed E-state index contributed by atoms with van der Waals surface area (Å²) in [5.41, 5.74) is 0.785. The number of nitrogens with one attached hydrogen (secondary N) is 1. The van der Waals surface area contributed by atoms with E-state index >= 15 is 0 Å². The Bertz CT molecular complexity index is 338. The molecule has 0 aliphatic heterocycles. The number of benzene rings is 1. The third kappa shape index (κ3) is 4.02. The zero-order chi connectivity index (χ0) is 11.3. The highest BCUT2D eigenvalue weighted by atomic mass is 35.5. The van der Waals surface area contributed by atoms with E-state index in [1.165, 1.54) is 12.1 Å². The molecule has 3 heteroatoms. The zero-order valence-corrected chi connectivity index (χ0v) is 9.52. The molecular formula is C12H15ClFN. The molecule has 0 aliphatic rings. The Balaban J connectivity index is 2.56. The van der Waals surface area contributed by atoms with Gasteiger partial charge in [0.1, 0.15) is 5.82 Å². The smallest absolute Gasteiger partial charge is 0.123 e. The van der Waals surface area contributed by atoms with E-state index in [0.717, 1.165) is 12.0 Å². The van der Waals surface area contributed by atoms with E-state index in [1.807, 2.05) is 6.08 Å². The molecule has 1 atom stereocenters. The lowest BCUT2D eigenvalue weighted by Crippen LogP contribution is -2.24. The van der Waals surface area contributed by atoms with Crippen LogP contribution < -0.4 is 5.32 Å². The van der Waals surface area contributed by atoms with Gasteiger partial charge in [0.05, 0.1) is 0 Å². The lowest BCUT2D eigenvalue weighted by Gasteiger charge is -2.12. The fourth-order valence-electron chi connectivity index (χ4n) is 1.30. The minimum absolute atomic E-state index is 0.257. The van der Waals surface area contributed by atoms with Gasteiger partial charge in [-0.3, -0.25) is 0 Å². The van der Waals surface area contributed by atoms with Crippen LogP contribution in [0.4, 0.5) is 4.39 Å². The average Bonchev–Trinajstić information content (AvgIpc) is 2.20. The molecule has 1 aromatic rings. The van der Waals surface area contributed by atoms with Crippen LogP contribution in [0.2, 0.25) is 5.02 Å². The van der Waals surface area contributed by atoms with Gasteiger partial charge >= 0.3 is 0 Å². The van der Waals surface area contributed by atoms with Gasteiger partial charge in [0, 0.05) is 17.6 Å². The summed E-state index contributed by atoms with van der Waals surface area (Å²) in [6.07, 6.45) is 2.73. The topological polar surface area (TPSA) is 12.0 Å². The summed E-state index contributed by atoms with van der Waals surface area (Å²) in [6, 6.07) is 4.71. The molecule has 15 heavy (non-hydrogen) atoms. The molecule has 82 valence electrons. The van der Waals surface area contributed by atoms with Crippen LogP contribution >= 0.6 is 11.6 Å². The largest absolute Gasteiger partial charge is 0.310 e. The monoisotopic (exact) mass is 227 g/mol. The minimum atomic E-state index is -0.257. The summed E-state index contributed by atoms with van der Waals surface area (Å²) in [6.45, 7) is 6.29. The van der Waals surface area contributed by atoms with Crippen LogP contribution in [0, 0.1) is 5.82 Å². The lowest BCUT2D eigenvalue weighted by atomic mass is 10.2. The van der Waals surface area contributed by atoms with Crippen molar-refractivity contribution in [2.75, 3.05) is 0 Å². The van der Waals surface area contributed by atoms with Gasteiger partial charge in [-0.1, -0.05) is 17.7 Å². The molecule has 0 aromatic heterocycles. The van der Waals surface area contributed by atoms with Crippen LogP contribution in [0.25, 0.3) is 0 Å². The summed E-state index contributed by atoms with van der Waals surface area (Å²) >= 11 is 5.93. The van der Waals surface area contributed by atoms with Crippen LogP contribution in [0.15, 0.2) is 30.9 Å². The fourth-order valence-corrected chi connectivity index (χ4v) is 1.48. The molecule has 1 unspecified atom stereocenters. The summed E-state index contributed by atoms with van der Waals surface area (Å²) in [7, 11) is 0. The SMILES string of the molecule is C=CCC(C)NCc1cc(F)ccc1Cl. The first kappa shape index (κ1) is 12.2. The highest BCUT2D eigenvalue weighted by Crippen LogP contribution is 2.16. The molecular weight excluding hydrogens is 213 g/mol. The molecule has 0 spiro atoms. The molecule has 1 nitrogen and oxygen atoms in total. The van der Waals surface area contributed by atoms with Crippen molar-refractivity contribution in [1.29, 1.82) is 0 Å². The molecule has 0 heterocycles. The summed E-state index contributed by atoms with van der Waals surface area (Å²) in [5, 5.41) is 3.84. The Hall–Kier alpha value is -0.860. The van der Waals surface area contributed by atoms with E-state index < -0.39 is 0 Å². The van der Waals surface area contributed by atoms with E-state index in [4.69, 9.17) is 11.6 Å². The van der Waals surface area contributed by atoms with Gasteiger partial charge in [0.15, 0.2) is 0 Å². The quantitative estimate of drug-likeness (QED) is 0.759. The molecule has 0 aliphatic carbocycles. The standard InChI is InChI=1S/C12H15ClFN/c1-3-4-9(2)15-8-10-7-11(14)5-6-12(10)13/h3,5-7,9,15H,1,4,8H2,2H3. The van der Waals surface area contributed by atoms with Crippen molar-refractivity contribution in [3.63, 3.8) is 0 Å². The fraction of sp³-hybridized carbons (Fsp3) is 0.333. The Labute approximate surface area is 95.0 Å². The summed E-state index contributed by atoms with van der Waals surface area (Å²) in [5.74, 6) is -0.257. The second-order valence-corrected chi connectivity index (χ2v) is 3.95. The van der Waals surface area contributed by atoms with Gasteiger partial charge < -0.3 is 5.32 Å². The van der Waals surface area contributed by atoms with Crippen molar-refractivity contribution in [3.05, 3.63) is 47.3 Å². The third-order valence-corrected chi connectivity index (χ3v) is 2.54. The minimum Gasteiger partial charge on any atom is -0.310 e. The first-order chi connectivity index (χ1) is 7.13. The molecule has 0 radical (unpaired) electrons. The molecule has 1 rings (SSSR count). The summed E-state index contributed by atoms with van der Waals surface area (Å²) in [4.78, 5) is 0. The molecule has 0 saturated heterocycles. The maximum Gasteiger partial charge on any atom is 0.123 e. The van der Waals surface area contributed by atoms with Crippen molar-refractivity contribution in [1.82, 2.24) is 5.32 Å². The summed E-state index contributed by atoms with van der Waals surface area (Å²) < 4.78 is 12.9. The van der Waals surface area contributed by atoms with Crippen molar-refractivity contribution in [3.8, 4) is 0 Å². The Morgan fingerprint density at radius 2 is 2.33 bits per heavy atom. The van der Waals surface area contributed by atoms with Crippen molar-refractivity contribution in [2.24, 2.45) is 0 Å². The normalized spacial score (nSPS) is 12.5. The first-order valence-corrected chi connectivity index (χ1v) is 5.29. The van der Waals surface area contributed by atoms with E-state index in [0.29, 0.717) is 17.6 Å². The number of halogens is 2. The molecule has 1 N–H and O–H groups in total. The maximum atomic E-state index is 12.9. The highest BCUT2D eigenvalue weighted by molar-refractivity contribution is 6.31. The Kier molecular flexibility index (Phi) is 4.79. The third-order valence-electron chi connectivity index (χ3n) is 2.17.